The van der Waals surface area contributed by atoms with Gasteiger partial charge in [0.05, 0.1) is 0 Å². The van der Waals surface area contributed by atoms with Gasteiger partial charge in [0, 0.05) is 29.2 Å². The van der Waals surface area contributed by atoms with Crippen molar-refractivity contribution in [2.75, 3.05) is 6.54 Å². The van der Waals surface area contributed by atoms with E-state index in [4.69, 9.17) is 0 Å². The van der Waals surface area contributed by atoms with Gasteiger partial charge in [-0.1, -0.05) is 24.6 Å². The first-order chi connectivity index (χ1) is 8.77. The van der Waals surface area contributed by atoms with Crippen molar-refractivity contribution in [1.82, 2.24) is 9.88 Å². The molecule has 2 heterocycles. The molecule has 1 saturated heterocycles. The van der Waals surface area contributed by atoms with Crippen LogP contribution in [0, 0.1) is 0 Å². The highest BCUT2D eigenvalue weighted by Crippen LogP contribution is 2.36. The number of hydrogen-bond acceptors (Lipinski definition) is 1. The highest BCUT2D eigenvalue weighted by Gasteiger charge is 2.27. The van der Waals surface area contributed by atoms with Gasteiger partial charge < -0.3 is 4.98 Å². The Morgan fingerprint density at radius 3 is 2.89 bits per heavy atom. The number of piperidine rings is 1. The van der Waals surface area contributed by atoms with Gasteiger partial charge in [0.1, 0.15) is 0 Å². The molecule has 3 rings (SSSR count). The molecule has 0 saturated carbocycles. The molecule has 0 amide bonds. The van der Waals surface area contributed by atoms with Crippen LogP contribution >= 0.6 is 0 Å². The van der Waals surface area contributed by atoms with Crippen molar-refractivity contribution in [2.24, 2.45) is 0 Å². The van der Waals surface area contributed by atoms with Gasteiger partial charge in [0.25, 0.3) is 0 Å². The van der Waals surface area contributed by atoms with E-state index in [0.29, 0.717) is 12.1 Å². The van der Waals surface area contributed by atoms with Gasteiger partial charge in [-0.05, 0) is 44.9 Å². The zero-order chi connectivity index (χ0) is 12.5. The van der Waals surface area contributed by atoms with Crippen LogP contribution in [0.4, 0.5) is 0 Å². The van der Waals surface area contributed by atoms with Gasteiger partial charge in [-0.25, -0.2) is 0 Å². The van der Waals surface area contributed by atoms with E-state index < -0.39 is 0 Å². The lowest BCUT2D eigenvalue weighted by atomic mass is 9.94. The maximum Gasteiger partial charge on any atom is 0.0457 e. The molecule has 1 aliphatic heterocycles. The summed E-state index contributed by atoms with van der Waals surface area (Å²) in [7, 11) is 0. The molecule has 18 heavy (non-hydrogen) atoms. The van der Waals surface area contributed by atoms with Crippen LogP contribution in [-0.4, -0.2) is 22.5 Å². The highest BCUT2D eigenvalue weighted by atomic mass is 15.2. The average Bonchev–Trinajstić information content (AvgIpc) is 2.82. The van der Waals surface area contributed by atoms with Gasteiger partial charge in [-0.2, -0.15) is 0 Å². The van der Waals surface area contributed by atoms with Crippen molar-refractivity contribution >= 4 is 10.9 Å². The zero-order valence-electron chi connectivity index (χ0n) is 11.3. The van der Waals surface area contributed by atoms with Gasteiger partial charge in [0.15, 0.2) is 0 Å². The number of nitrogens with zero attached hydrogens (tertiary/aromatic N) is 1. The van der Waals surface area contributed by atoms with Gasteiger partial charge in [-0.3, -0.25) is 4.90 Å². The number of aromatic nitrogens is 1. The predicted octanol–water partition coefficient (Wildman–Crippen LogP) is 4.10. The van der Waals surface area contributed by atoms with Crippen LogP contribution in [0.1, 0.15) is 44.7 Å². The quantitative estimate of drug-likeness (QED) is 0.840. The van der Waals surface area contributed by atoms with Crippen LogP contribution in [-0.2, 0) is 0 Å². The third-order valence-corrected chi connectivity index (χ3v) is 4.19. The molecule has 0 bridgehead atoms. The van der Waals surface area contributed by atoms with Crippen molar-refractivity contribution in [3.63, 3.8) is 0 Å². The lowest BCUT2D eigenvalue weighted by molar-refractivity contribution is 0.113. The molecule has 0 radical (unpaired) electrons. The Hall–Kier alpha value is -1.28. The van der Waals surface area contributed by atoms with E-state index in [2.05, 4.69) is 54.2 Å². The normalized spacial score (nSPS) is 21.8. The Balaban J connectivity index is 2.01. The molecule has 1 N–H and O–H groups in total. The monoisotopic (exact) mass is 242 g/mol. The number of likely N-dealkylation sites (tertiary alicyclic amines) is 1. The molecular formula is C16H22N2. The molecule has 1 fully saturated rings. The minimum atomic E-state index is 0.592. The lowest BCUT2D eigenvalue weighted by Gasteiger charge is -2.38. The van der Waals surface area contributed by atoms with E-state index in [1.165, 1.54) is 42.3 Å². The van der Waals surface area contributed by atoms with Crippen LogP contribution in [0.25, 0.3) is 10.9 Å². The van der Waals surface area contributed by atoms with Gasteiger partial charge in [-0.15, -0.1) is 0 Å². The Morgan fingerprint density at radius 1 is 1.22 bits per heavy atom. The number of hydrogen-bond donors (Lipinski definition) is 1. The molecule has 0 spiro atoms. The maximum atomic E-state index is 3.42. The summed E-state index contributed by atoms with van der Waals surface area (Å²) >= 11 is 0. The van der Waals surface area contributed by atoms with E-state index in [1.54, 1.807) is 0 Å². The predicted molar refractivity (Wildman–Crippen MR) is 76.7 cm³/mol. The zero-order valence-corrected chi connectivity index (χ0v) is 11.3. The van der Waals surface area contributed by atoms with Crippen molar-refractivity contribution in [2.45, 2.75) is 45.2 Å². The van der Waals surface area contributed by atoms with E-state index in [9.17, 15) is 0 Å². The lowest BCUT2D eigenvalue weighted by Crippen LogP contribution is -2.38. The van der Waals surface area contributed by atoms with Crippen LogP contribution in [0.5, 0.6) is 0 Å². The third kappa shape index (κ3) is 1.95. The van der Waals surface area contributed by atoms with E-state index in [0.717, 1.165) is 0 Å². The van der Waals surface area contributed by atoms with Crippen LogP contribution in [0.15, 0.2) is 30.5 Å². The van der Waals surface area contributed by atoms with Gasteiger partial charge in [0.2, 0.25) is 0 Å². The summed E-state index contributed by atoms with van der Waals surface area (Å²) in [6.07, 6.45) is 6.21. The molecule has 1 unspecified atom stereocenters. The molecular weight excluding hydrogens is 220 g/mol. The molecule has 2 aromatic rings. The number of nitrogens with one attached hydrogen (secondary N) is 1. The largest absolute Gasteiger partial charge is 0.361 e. The van der Waals surface area contributed by atoms with E-state index >= 15 is 0 Å². The second-order valence-corrected chi connectivity index (χ2v) is 5.63. The summed E-state index contributed by atoms with van der Waals surface area (Å²) in [5.74, 6) is 0. The first-order valence-corrected chi connectivity index (χ1v) is 7.09. The highest BCUT2D eigenvalue weighted by molar-refractivity contribution is 5.83. The summed E-state index contributed by atoms with van der Waals surface area (Å²) in [6.45, 7) is 5.86. The third-order valence-electron chi connectivity index (χ3n) is 4.19. The van der Waals surface area contributed by atoms with Crippen molar-refractivity contribution in [3.05, 3.63) is 36.0 Å². The second kappa shape index (κ2) is 4.77. The maximum absolute atomic E-state index is 3.42. The standard InChI is InChI=1S/C16H22N2/c1-12(2)18-10-6-5-9-16(18)14-11-17-15-8-4-3-7-13(14)15/h3-4,7-8,11-12,16-17H,5-6,9-10H2,1-2H3. The second-order valence-electron chi connectivity index (χ2n) is 5.63. The first kappa shape index (κ1) is 11.8. The molecule has 2 heteroatoms. The van der Waals surface area contributed by atoms with Gasteiger partial charge >= 0.3 is 0 Å². The number of rotatable bonds is 2. The minimum absolute atomic E-state index is 0.592. The minimum Gasteiger partial charge on any atom is -0.361 e. The van der Waals surface area contributed by atoms with E-state index in [-0.39, 0.29) is 0 Å². The molecule has 2 nitrogen and oxygen atoms in total. The summed E-state index contributed by atoms with van der Waals surface area (Å²) in [5, 5.41) is 1.40. The topological polar surface area (TPSA) is 19.0 Å². The van der Waals surface area contributed by atoms with Crippen molar-refractivity contribution in [3.8, 4) is 0 Å². The first-order valence-electron chi connectivity index (χ1n) is 7.09. The fourth-order valence-corrected chi connectivity index (χ4v) is 3.28. The molecule has 1 aromatic heterocycles. The molecule has 96 valence electrons. The average molecular weight is 242 g/mol. The summed E-state index contributed by atoms with van der Waals surface area (Å²) in [4.78, 5) is 6.07. The summed E-state index contributed by atoms with van der Waals surface area (Å²) < 4.78 is 0. The van der Waals surface area contributed by atoms with Crippen LogP contribution < -0.4 is 0 Å². The number of fused-ring (bicyclic) bond motifs is 1. The number of benzene rings is 1. The van der Waals surface area contributed by atoms with Crippen molar-refractivity contribution < 1.29 is 0 Å². The summed E-state index contributed by atoms with van der Waals surface area (Å²) in [6, 6.07) is 9.88. The molecule has 1 atom stereocenters. The van der Waals surface area contributed by atoms with Crippen LogP contribution in [0.3, 0.4) is 0 Å². The number of para-hydroxylation sites is 1. The Bertz CT molecular complexity index is 527. The molecule has 1 aromatic carbocycles. The van der Waals surface area contributed by atoms with Crippen LogP contribution in [0.2, 0.25) is 0 Å². The van der Waals surface area contributed by atoms with E-state index in [1.807, 2.05) is 0 Å². The Kier molecular flexibility index (Phi) is 3.13. The molecule has 0 aliphatic carbocycles. The van der Waals surface area contributed by atoms with Crippen molar-refractivity contribution in [1.29, 1.82) is 0 Å². The Labute approximate surface area is 109 Å². The fourth-order valence-electron chi connectivity index (χ4n) is 3.28. The number of H-pyrrole nitrogens is 1. The molecule has 1 aliphatic rings. The SMILES string of the molecule is CC(C)N1CCCCC1c1c[nH]c2ccccc12. The summed E-state index contributed by atoms with van der Waals surface area (Å²) in [5.41, 5.74) is 2.75. The Morgan fingerprint density at radius 2 is 2.06 bits per heavy atom. The fraction of sp³-hybridized carbons (Fsp3) is 0.500. The number of aromatic amines is 1. The smallest absolute Gasteiger partial charge is 0.0457 e.